The molecule has 0 aliphatic heterocycles. The molecule has 0 radical (unpaired) electrons. The number of benzene rings is 1. The summed E-state index contributed by atoms with van der Waals surface area (Å²) in [7, 11) is 0. The normalized spacial score (nSPS) is 21.4. The number of halogens is 7. The van der Waals surface area contributed by atoms with E-state index in [0.717, 1.165) is 18.6 Å². The highest BCUT2D eigenvalue weighted by atomic mass is 19.4. The van der Waals surface area contributed by atoms with Gasteiger partial charge in [0.25, 0.3) is 0 Å². The lowest BCUT2D eigenvalue weighted by Crippen LogP contribution is -2.47. The Balaban J connectivity index is 2.20. The summed E-state index contributed by atoms with van der Waals surface area (Å²) in [6.45, 7) is 2.87. The van der Waals surface area contributed by atoms with Gasteiger partial charge in [-0.1, -0.05) is 12.1 Å². The summed E-state index contributed by atoms with van der Waals surface area (Å²) in [6, 6.07) is 4.54. The first kappa shape index (κ1) is 26.7. The molecule has 1 aliphatic rings. The van der Waals surface area contributed by atoms with Gasteiger partial charge in [-0.25, -0.2) is 0 Å². The second-order valence-corrected chi connectivity index (χ2v) is 8.23. The monoisotopic (exact) mass is 475 g/mol. The van der Waals surface area contributed by atoms with Crippen LogP contribution in [0.3, 0.4) is 0 Å². The lowest BCUT2D eigenvalue weighted by Gasteiger charge is -2.39. The quantitative estimate of drug-likeness (QED) is 0.461. The number of rotatable bonds is 10. The maximum absolute atomic E-state index is 13.2. The fourth-order valence-electron chi connectivity index (χ4n) is 3.77. The Bertz CT molecular complexity index is 715. The van der Waals surface area contributed by atoms with Gasteiger partial charge in [0, 0.05) is 19.1 Å². The molecule has 0 aromatic heterocycles. The van der Waals surface area contributed by atoms with Crippen molar-refractivity contribution in [1.29, 1.82) is 0 Å². The average molecular weight is 475 g/mol. The van der Waals surface area contributed by atoms with Crippen molar-refractivity contribution in [3.63, 3.8) is 0 Å². The number of alkyl halides is 7. The molecule has 0 saturated heterocycles. The summed E-state index contributed by atoms with van der Waals surface area (Å²) in [6.07, 6.45) is -13.9. The van der Waals surface area contributed by atoms with Crippen LogP contribution in [0.15, 0.2) is 24.3 Å². The van der Waals surface area contributed by atoms with Crippen molar-refractivity contribution in [2.24, 2.45) is 0 Å². The SMILES string of the molecule is CC(C)OC1CCCC(N(Cc2cccc(OC(F)(F)C(F)F)c2)CC(O)C(F)(F)F)C1. The largest absolute Gasteiger partial charge is 0.461 e. The predicted molar refractivity (Wildman–Crippen MR) is 103 cm³/mol. The van der Waals surface area contributed by atoms with Gasteiger partial charge in [-0.3, -0.25) is 4.90 Å². The van der Waals surface area contributed by atoms with E-state index in [-0.39, 0.29) is 30.4 Å². The summed E-state index contributed by atoms with van der Waals surface area (Å²) in [5, 5.41) is 9.64. The zero-order valence-corrected chi connectivity index (χ0v) is 17.8. The fourth-order valence-corrected chi connectivity index (χ4v) is 3.77. The first-order chi connectivity index (χ1) is 14.8. The smallest absolute Gasteiger partial charge is 0.428 e. The second kappa shape index (κ2) is 11.0. The molecule has 1 aromatic rings. The van der Waals surface area contributed by atoms with Gasteiger partial charge in [0.05, 0.1) is 12.2 Å². The summed E-state index contributed by atoms with van der Waals surface area (Å²) < 4.78 is 100. The minimum atomic E-state index is -4.83. The Labute approximate surface area is 182 Å². The molecule has 11 heteroatoms. The van der Waals surface area contributed by atoms with Crippen molar-refractivity contribution >= 4 is 0 Å². The molecule has 0 heterocycles. The van der Waals surface area contributed by atoms with Crippen LogP contribution in [0.4, 0.5) is 30.7 Å². The standard InChI is InChI=1S/C21H28F7NO3/c1-13(2)31-16-7-4-6-15(10-16)29(12-18(30)20(24,25)26)11-14-5-3-8-17(9-14)32-21(27,28)19(22)23/h3,5,8-9,13,15-16,18-19,30H,4,6-7,10-12H2,1-2H3. The number of aliphatic hydroxyl groups is 1. The van der Waals surface area contributed by atoms with Gasteiger partial charge in [0.2, 0.25) is 0 Å². The third kappa shape index (κ3) is 8.08. The summed E-state index contributed by atoms with van der Waals surface area (Å²) in [4.78, 5) is 1.43. The molecular weight excluding hydrogens is 447 g/mol. The van der Waals surface area contributed by atoms with E-state index < -0.39 is 37.1 Å². The predicted octanol–water partition coefficient (Wildman–Crippen LogP) is 5.38. The molecule has 3 unspecified atom stereocenters. The van der Waals surface area contributed by atoms with Crippen LogP contribution in [0.25, 0.3) is 0 Å². The average Bonchev–Trinajstić information content (AvgIpc) is 2.66. The van der Waals surface area contributed by atoms with Gasteiger partial charge in [0.1, 0.15) is 5.75 Å². The molecule has 2 rings (SSSR count). The van der Waals surface area contributed by atoms with Crippen LogP contribution in [0.2, 0.25) is 0 Å². The molecule has 1 N–H and O–H groups in total. The Morgan fingerprint density at radius 3 is 2.41 bits per heavy atom. The van der Waals surface area contributed by atoms with Gasteiger partial charge < -0.3 is 14.6 Å². The van der Waals surface area contributed by atoms with Crippen LogP contribution in [-0.2, 0) is 11.3 Å². The summed E-state index contributed by atoms with van der Waals surface area (Å²) in [5.74, 6) is -0.534. The van der Waals surface area contributed by atoms with E-state index >= 15 is 0 Å². The van der Waals surface area contributed by atoms with E-state index in [0.29, 0.717) is 19.3 Å². The van der Waals surface area contributed by atoms with Crippen LogP contribution < -0.4 is 4.74 Å². The van der Waals surface area contributed by atoms with Crippen LogP contribution in [0.1, 0.15) is 45.1 Å². The van der Waals surface area contributed by atoms with Gasteiger partial charge >= 0.3 is 18.7 Å². The van der Waals surface area contributed by atoms with Crippen molar-refractivity contribution in [3.05, 3.63) is 29.8 Å². The van der Waals surface area contributed by atoms with Crippen molar-refractivity contribution in [3.8, 4) is 5.75 Å². The topological polar surface area (TPSA) is 41.9 Å². The first-order valence-electron chi connectivity index (χ1n) is 10.4. The molecule has 0 bridgehead atoms. The van der Waals surface area contributed by atoms with Gasteiger partial charge in [0.15, 0.2) is 6.10 Å². The number of hydrogen-bond acceptors (Lipinski definition) is 4. The summed E-state index contributed by atoms with van der Waals surface area (Å²) >= 11 is 0. The molecular formula is C21H28F7NO3. The molecule has 0 amide bonds. The minimum Gasteiger partial charge on any atom is -0.428 e. The minimum absolute atomic E-state index is 0.0571. The Hall–Kier alpha value is -1.59. The number of ether oxygens (including phenoxy) is 2. The second-order valence-electron chi connectivity index (χ2n) is 8.23. The molecule has 1 saturated carbocycles. The maximum Gasteiger partial charge on any atom is 0.461 e. The fraction of sp³-hybridized carbons (Fsp3) is 0.714. The third-order valence-corrected chi connectivity index (χ3v) is 5.16. The number of aliphatic hydroxyl groups excluding tert-OH is 1. The highest BCUT2D eigenvalue weighted by Gasteiger charge is 2.44. The van der Waals surface area contributed by atoms with Crippen LogP contribution in [0.5, 0.6) is 5.75 Å². The lowest BCUT2D eigenvalue weighted by molar-refractivity contribution is -0.253. The Morgan fingerprint density at radius 2 is 1.81 bits per heavy atom. The lowest BCUT2D eigenvalue weighted by atomic mass is 9.91. The maximum atomic E-state index is 13.2. The van der Waals surface area contributed by atoms with E-state index in [9.17, 15) is 35.8 Å². The highest BCUT2D eigenvalue weighted by Crippen LogP contribution is 2.31. The molecule has 1 fully saturated rings. The van der Waals surface area contributed by atoms with Crippen LogP contribution in [-0.4, -0.2) is 59.6 Å². The van der Waals surface area contributed by atoms with Crippen molar-refractivity contribution in [2.75, 3.05) is 6.54 Å². The molecule has 184 valence electrons. The van der Waals surface area contributed by atoms with Crippen molar-refractivity contribution in [1.82, 2.24) is 4.90 Å². The van der Waals surface area contributed by atoms with Crippen LogP contribution in [0, 0.1) is 0 Å². The Kier molecular flexibility index (Phi) is 9.18. The van der Waals surface area contributed by atoms with Gasteiger partial charge in [-0.2, -0.15) is 30.7 Å². The van der Waals surface area contributed by atoms with E-state index in [4.69, 9.17) is 4.74 Å². The highest BCUT2D eigenvalue weighted by molar-refractivity contribution is 5.29. The zero-order valence-electron chi connectivity index (χ0n) is 17.8. The van der Waals surface area contributed by atoms with Crippen molar-refractivity contribution in [2.45, 2.75) is 89.1 Å². The van der Waals surface area contributed by atoms with E-state index in [2.05, 4.69) is 4.74 Å². The zero-order chi connectivity index (χ0) is 24.1. The van der Waals surface area contributed by atoms with Crippen LogP contribution >= 0.6 is 0 Å². The Morgan fingerprint density at radius 1 is 1.12 bits per heavy atom. The first-order valence-corrected chi connectivity index (χ1v) is 10.4. The molecule has 1 aliphatic carbocycles. The molecule has 0 spiro atoms. The van der Waals surface area contributed by atoms with Gasteiger partial charge in [-0.05, 0) is 57.2 Å². The van der Waals surface area contributed by atoms with E-state index in [1.54, 1.807) is 0 Å². The van der Waals surface area contributed by atoms with E-state index in [1.807, 2.05) is 13.8 Å². The van der Waals surface area contributed by atoms with Crippen molar-refractivity contribution < 1.29 is 45.3 Å². The van der Waals surface area contributed by atoms with E-state index in [1.165, 1.54) is 17.0 Å². The van der Waals surface area contributed by atoms with Gasteiger partial charge in [-0.15, -0.1) is 0 Å². The molecule has 4 nitrogen and oxygen atoms in total. The summed E-state index contributed by atoms with van der Waals surface area (Å²) in [5.41, 5.74) is 0.286. The molecule has 32 heavy (non-hydrogen) atoms. The number of nitrogens with zero attached hydrogens (tertiary/aromatic N) is 1. The molecule has 1 aromatic carbocycles. The third-order valence-electron chi connectivity index (χ3n) is 5.16. The molecule has 3 atom stereocenters. The number of hydrogen-bond donors (Lipinski definition) is 1.